The number of anilines is 2. The molecule has 9 nitrogen and oxygen atoms in total. The summed E-state index contributed by atoms with van der Waals surface area (Å²) in [7, 11) is 0. The molecular formula is C20H21F6N7O2. The molecule has 0 unspecified atom stereocenters. The van der Waals surface area contributed by atoms with Gasteiger partial charge in [-0.2, -0.15) is 31.4 Å². The minimum Gasteiger partial charge on any atom is -0.366 e. The fourth-order valence-corrected chi connectivity index (χ4v) is 4.25. The summed E-state index contributed by atoms with van der Waals surface area (Å²) >= 11 is 0. The number of halogens is 6. The van der Waals surface area contributed by atoms with Crippen LogP contribution in [0.5, 0.6) is 0 Å². The largest absolute Gasteiger partial charge is 0.421 e. The SMILES string of the molecule is O=C([C@H]1CC[C@H](Nc2cc(C(F)(F)F)c(=O)[nH]n2)C1)N1CCN(c2ncc(C(F)(F)F)cn2)CC1. The Hall–Kier alpha value is -3.39. The van der Waals surface area contributed by atoms with Gasteiger partial charge in [-0.05, 0) is 19.3 Å². The zero-order valence-electron chi connectivity index (χ0n) is 18.2. The molecule has 1 saturated heterocycles. The maximum atomic E-state index is 12.9. The van der Waals surface area contributed by atoms with Crippen molar-refractivity contribution in [1.82, 2.24) is 25.1 Å². The molecule has 2 aromatic rings. The minimum absolute atomic E-state index is 0.0901. The lowest BCUT2D eigenvalue weighted by atomic mass is 10.1. The normalized spacial score (nSPS) is 21.3. The Morgan fingerprint density at radius 3 is 2.26 bits per heavy atom. The molecule has 15 heteroatoms. The van der Waals surface area contributed by atoms with Crippen LogP contribution in [0.4, 0.5) is 38.1 Å². The molecule has 2 atom stereocenters. The van der Waals surface area contributed by atoms with Gasteiger partial charge in [0.05, 0.1) is 5.56 Å². The zero-order valence-corrected chi connectivity index (χ0v) is 18.2. The van der Waals surface area contributed by atoms with Gasteiger partial charge in [-0.15, -0.1) is 0 Å². The van der Waals surface area contributed by atoms with E-state index in [9.17, 15) is 35.9 Å². The molecule has 35 heavy (non-hydrogen) atoms. The first-order chi connectivity index (χ1) is 16.4. The monoisotopic (exact) mass is 505 g/mol. The first-order valence-electron chi connectivity index (χ1n) is 10.8. The standard InChI is InChI=1S/C20H21F6N7O2/c21-19(22,23)12-9-27-18(28-10-12)33-5-3-32(4-6-33)17(35)11-1-2-13(7-11)29-15-8-14(20(24,25)26)16(34)31-30-15/h8-11,13H,1-7H2,(H,29,30)(H,31,34)/t11-,13-/m0/s1. The second-order valence-electron chi connectivity index (χ2n) is 8.43. The van der Waals surface area contributed by atoms with Gasteiger partial charge in [0.1, 0.15) is 11.4 Å². The third kappa shape index (κ3) is 5.65. The van der Waals surface area contributed by atoms with Crippen LogP contribution in [-0.4, -0.2) is 63.2 Å². The second kappa shape index (κ2) is 9.34. The molecule has 1 aliphatic carbocycles. The van der Waals surface area contributed by atoms with Gasteiger partial charge < -0.3 is 15.1 Å². The number of alkyl halides is 6. The lowest BCUT2D eigenvalue weighted by molar-refractivity contribution is -0.139. The second-order valence-corrected chi connectivity index (χ2v) is 8.43. The van der Waals surface area contributed by atoms with Crippen LogP contribution in [0.25, 0.3) is 0 Å². The van der Waals surface area contributed by atoms with Gasteiger partial charge in [0.15, 0.2) is 0 Å². The molecule has 2 aliphatic rings. The van der Waals surface area contributed by atoms with Crippen LogP contribution in [-0.2, 0) is 17.1 Å². The predicted molar refractivity (Wildman–Crippen MR) is 110 cm³/mol. The molecular weight excluding hydrogens is 484 g/mol. The van der Waals surface area contributed by atoms with Gasteiger partial charge in [0, 0.05) is 56.6 Å². The number of amides is 1. The molecule has 0 radical (unpaired) electrons. The quantitative estimate of drug-likeness (QED) is 0.615. The summed E-state index contributed by atoms with van der Waals surface area (Å²) in [6.07, 6.45) is -6.42. The summed E-state index contributed by atoms with van der Waals surface area (Å²) in [6, 6.07) is 0.363. The summed E-state index contributed by atoms with van der Waals surface area (Å²) in [5.74, 6) is -0.388. The molecule has 0 spiro atoms. The number of carbonyl (C=O) groups excluding carboxylic acids is 1. The van der Waals surface area contributed by atoms with Crippen molar-refractivity contribution in [1.29, 1.82) is 0 Å². The van der Waals surface area contributed by atoms with E-state index in [1.165, 1.54) is 0 Å². The fourth-order valence-electron chi connectivity index (χ4n) is 4.25. The van der Waals surface area contributed by atoms with E-state index in [1.807, 2.05) is 5.10 Å². The Labute approximate surface area is 194 Å². The van der Waals surface area contributed by atoms with E-state index < -0.39 is 29.0 Å². The van der Waals surface area contributed by atoms with Crippen molar-refractivity contribution < 1.29 is 31.1 Å². The molecule has 2 aromatic heterocycles. The van der Waals surface area contributed by atoms with E-state index >= 15 is 0 Å². The van der Waals surface area contributed by atoms with E-state index in [-0.39, 0.29) is 29.6 Å². The number of hydrogen-bond acceptors (Lipinski definition) is 7. The maximum absolute atomic E-state index is 12.9. The highest BCUT2D eigenvalue weighted by molar-refractivity contribution is 5.79. The van der Waals surface area contributed by atoms with E-state index in [0.29, 0.717) is 51.5 Å². The van der Waals surface area contributed by atoms with Crippen LogP contribution >= 0.6 is 0 Å². The van der Waals surface area contributed by atoms with Crippen molar-refractivity contribution in [3.8, 4) is 0 Å². The van der Waals surface area contributed by atoms with Crippen molar-refractivity contribution in [2.24, 2.45) is 5.92 Å². The number of rotatable bonds is 4. The summed E-state index contributed by atoms with van der Waals surface area (Å²) < 4.78 is 76.8. The molecule has 2 N–H and O–H groups in total. The number of carbonyl (C=O) groups is 1. The third-order valence-corrected chi connectivity index (χ3v) is 6.08. The predicted octanol–water partition coefficient (Wildman–Crippen LogP) is 2.53. The Morgan fingerprint density at radius 2 is 1.66 bits per heavy atom. The van der Waals surface area contributed by atoms with Crippen molar-refractivity contribution in [2.75, 3.05) is 36.4 Å². The van der Waals surface area contributed by atoms with Crippen LogP contribution in [0.3, 0.4) is 0 Å². The highest BCUT2D eigenvalue weighted by atomic mass is 19.4. The highest BCUT2D eigenvalue weighted by Crippen LogP contribution is 2.32. The molecule has 0 aromatic carbocycles. The van der Waals surface area contributed by atoms with Crippen molar-refractivity contribution in [2.45, 2.75) is 37.7 Å². The van der Waals surface area contributed by atoms with Gasteiger partial charge in [-0.3, -0.25) is 9.59 Å². The van der Waals surface area contributed by atoms with E-state index in [1.54, 1.807) is 9.80 Å². The summed E-state index contributed by atoms with van der Waals surface area (Å²) in [4.78, 5) is 35.2. The highest BCUT2D eigenvalue weighted by Gasteiger charge is 2.37. The van der Waals surface area contributed by atoms with Gasteiger partial charge in [0.25, 0.3) is 5.56 Å². The van der Waals surface area contributed by atoms with Crippen LogP contribution in [0.2, 0.25) is 0 Å². The minimum atomic E-state index is -4.81. The molecule has 1 amide bonds. The molecule has 0 bridgehead atoms. The molecule has 4 rings (SSSR count). The smallest absolute Gasteiger partial charge is 0.366 e. The Balaban J connectivity index is 1.30. The van der Waals surface area contributed by atoms with Gasteiger partial charge >= 0.3 is 12.4 Å². The number of piperazine rings is 1. The number of aromatic nitrogens is 4. The lowest BCUT2D eigenvalue weighted by Gasteiger charge is -2.36. The number of H-pyrrole nitrogens is 1. The van der Waals surface area contributed by atoms with E-state index in [2.05, 4.69) is 20.4 Å². The Kier molecular flexibility index (Phi) is 6.60. The van der Waals surface area contributed by atoms with Crippen LogP contribution in [0.1, 0.15) is 30.4 Å². The van der Waals surface area contributed by atoms with Gasteiger partial charge in [0.2, 0.25) is 11.9 Å². The molecule has 190 valence electrons. The summed E-state index contributed by atoms with van der Waals surface area (Å²) in [5, 5.41) is 8.29. The zero-order chi connectivity index (χ0) is 25.4. The molecule has 1 aliphatic heterocycles. The number of hydrogen-bond donors (Lipinski definition) is 2. The lowest BCUT2D eigenvalue weighted by Crippen LogP contribution is -2.50. The Morgan fingerprint density at radius 1 is 1.00 bits per heavy atom. The number of nitrogens with one attached hydrogen (secondary N) is 2. The molecule has 2 fully saturated rings. The van der Waals surface area contributed by atoms with E-state index in [4.69, 9.17) is 0 Å². The average Bonchev–Trinajstić information content (AvgIpc) is 3.27. The van der Waals surface area contributed by atoms with E-state index in [0.717, 1.165) is 12.4 Å². The summed E-state index contributed by atoms with van der Waals surface area (Å²) in [5.41, 5.74) is -3.62. The number of nitrogens with zero attached hydrogens (tertiary/aromatic N) is 5. The first kappa shape index (κ1) is 24.7. The topological polar surface area (TPSA) is 107 Å². The fraction of sp³-hybridized carbons (Fsp3) is 0.550. The van der Waals surface area contributed by atoms with Crippen LogP contribution in [0.15, 0.2) is 23.3 Å². The molecule has 1 saturated carbocycles. The molecule has 3 heterocycles. The first-order valence-corrected chi connectivity index (χ1v) is 10.8. The number of aromatic amines is 1. The summed E-state index contributed by atoms with van der Waals surface area (Å²) in [6.45, 7) is 1.39. The van der Waals surface area contributed by atoms with Gasteiger partial charge in [-0.25, -0.2) is 15.1 Å². The van der Waals surface area contributed by atoms with Crippen molar-refractivity contribution >= 4 is 17.7 Å². The van der Waals surface area contributed by atoms with Crippen molar-refractivity contribution in [3.05, 3.63) is 39.9 Å². The van der Waals surface area contributed by atoms with Crippen LogP contribution in [0, 0.1) is 5.92 Å². The average molecular weight is 505 g/mol. The van der Waals surface area contributed by atoms with Gasteiger partial charge in [-0.1, -0.05) is 0 Å². The Bertz CT molecular complexity index is 1110. The van der Waals surface area contributed by atoms with Crippen LogP contribution < -0.4 is 15.8 Å². The van der Waals surface area contributed by atoms with Crippen molar-refractivity contribution in [3.63, 3.8) is 0 Å². The third-order valence-electron chi connectivity index (χ3n) is 6.08. The maximum Gasteiger partial charge on any atom is 0.421 e.